The van der Waals surface area contributed by atoms with Crippen molar-refractivity contribution < 1.29 is 9.18 Å². The molecule has 0 atom stereocenters. The van der Waals surface area contributed by atoms with Crippen LogP contribution in [0.15, 0.2) is 24.3 Å². The van der Waals surface area contributed by atoms with Gasteiger partial charge in [-0.2, -0.15) is 0 Å². The molecule has 0 spiro atoms. The third kappa shape index (κ3) is 4.95. The maximum Gasteiger partial charge on any atom is 0.238 e. The summed E-state index contributed by atoms with van der Waals surface area (Å²) in [7, 11) is 0. The number of anilines is 1. The van der Waals surface area contributed by atoms with E-state index in [0.29, 0.717) is 11.7 Å². The van der Waals surface area contributed by atoms with E-state index >= 15 is 0 Å². The standard InChI is InChI=1S/C13H19FN2O/c1-3-11(4-2)15-9-13(17)16-12-7-5-10(14)6-8-12/h5-8,11,15H,3-4,9H2,1-2H3,(H,16,17). The lowest BCUT2D eigenvalue weighted by Crippen LogP contribution is -2.35. The summed E-state index contributed by atoms with van der Waals surface area (Å²) in [6, 6.07) is 6.11. The minimum atomic E-state index is -0.307. The normalized spacial score (nSPS) is 10.6. The van der Waals surface area contributed by atoms with Crippen molar-refractivity contribution in [3.8, 4) is 0 Å². The molecular formula is C13H19FN2O. The molecule has 1 aromatic rings. The van der Waals surface area contributed by atoms with Crippen LogP contribution in [0, 0.1) is 5.82 Å². The largest absolute Gasteiger partial charge is 0.325 e. The quantitative estimate of drug-likeness (QED) is 0.799. The zero-order valence-corrected chi connectivity index (χ0v) is 10.3. The van der Waals surface area contributed by atoms with Gasteiger partial charge in [0.1, 0.15) is 5.82 Å². The zero-order chi connectivity index (χ0) is 12.7. The van der Waals surface area contributed by atoms with Crippen LogP contribution in [0.1, 0.15) is 26.7 Å². The Morgan fingerprint density at radius 1 is 1.24 bits per heavy atom. The summed E-state index contributed by atoms with van der Waals surface area (Å²) in [5, 5.41) is 5.87. The lowest BCUT2D eigenvalue weighted by molar-refractivity contribution is -0.115. The molecule has 0 aliphatic heterocycles. The van der Waals surface area contributed by atoms with E-state index in [1.165, 1.54) is 12.1 Å². The van der Waals surface area contributed by atoms with Crippen molar-refractivity contribution in [2.24, 2.45) is 0 Å². The molecule has 0 unspecified atom stereocenters. The Balaban J connectivity index is 2.37. The number of carbonyl (C=O) groups excluding carboxylic acids is 1. The number of benzene rings is 1. The molecular weight excluding hydrogens is 219 g/mol. The molecule has 0 radical (unpaired) electrons. The number of carbonyl (C=O) groups is 1. The van der Waals surface area contributed by atoms with Gasteiger partial charge >= 0.3 is 0 Å². The molecule has 4 heteroatoms. The molecule has 17 heavy (non-hydrogen) atoms. The second-order valence-corrected chi connectivity index (χ2v) is 3.95. The molecule has 0 heterocycles. The van der Waals surface area contributed by atoms with Crippen molar-refractivity contribution in [2.45, 2.75) is 32.7 Å². The van der Waals surface area contributed by atoms with Crippen LogP contribution in [0.3, 0.4) is 0 Å². The summed E-state index contributed by atoms with van der Waals surface area (Å²) < 4.78 is 12.6. The first kappa shape index (κ1) is 13.6. The Hall–Kier alpha value is -1.42. The minimum absolute atomic E-state index is 0.108. The molecule has 0 bridgehead atoms. The predicted octanol–water partition coefficient (Wildman–Crippen LogP) is 2.54. The molecule has 1 rings (SSSR count). The average molecular weight is 238 g/mol. The first-order valence-electron chi connectivity index (χ1n) is 5.94. The fourth-order valence-corrected chi connectivity index (χ4v) is 1.55. The highest BCUT2D eigenvalue weighted by molar-refractivity contribution is 5.92. The summed E-state index contributed by atoms with van der Waals surface area (Å²) in [5.41, 5.74) is 0.614. The van der Waals surface area contributed by atoms with E-state index in [1.807, 2.05) is 0 Å². The second-order valence-electron chi connectivity index (χ2n) is 3.95. The summed E-state index contributed by atoms with van der Waals surface area (Å²) in [6.45, 7) is 4.45. The van der Waals surface area contributed by atoms with E-state index in [0.717, 1.165) is 12.8 Å². The van der Waals surface area contributed by atoms with Gasteiger partial charge in [-0.05, 0) is 37.1 Å². The van der Waals surface area contributed by atoms with E-state index in [9.17, 15) is 9.18 Å². The average Bonchev–Trinajstić information content (AvgIpc) is 2.33. The third-order valence-corrected chi connectivity index (χ3v) is 2.66. The fraction of sp³-hybridized carbons (Fsp3) is 0.462. The van der Waals surface area contributed by atoms with Gasteiger partial charge in [0, 0.05) is 11.7 Å². The number of hydrogen-bond donors (Lipinski definition) is 2. The highest BCUT2D eigenvalue weighted by Gasteiger charge is 2.06. The van der Waals surface area contributed by atoms with Gasteiger partial charge in [-0.25, -0.2) is 4.39 Å². The molecule has 0 aliphatic carbocycles. The number of nitrogens with one attached hydrogen (secondary N) is 2. The molecule has 94 valence electrons. The van der Waals surface area contributed by atoms with E-state index in [4.69, 9.17) is 0 Å². The topological polar surface area (TPSA) is 41.1 Å². The van der Waals surface area contributed by atoms with Gasteiger partial charge in [0.15, 0.2) is 0 Å². The van der Waals surface area contributed by atoms with Gasteiger partial charge < -0.3 is 10.6 Å². The smallest absolute Gasteiger partial charge is 0.238 e. The molecule has 1 aromatic carbocycles. The highest BCUT2D eigenvalue weighted by Crippen LogP contribution is 2.07. The molecule has 0 saturated carbocycles. The van der Waals surface area contributed by atoms with Crippen LogP contribution < -0.4 is 10.6 Å². The van der Waals surface area contributed by atoms with Crippen molar-refractivity contribution in [1.82, 2.24) is 5.32 Å². The first-order chi connectivity index (χ1) is 8.15. The van der Waals surface area contributed by atoms with Gasteiger partial charge in [0.25, 0.3) is 0 Å². The van der Waals surface area contributed by atoms with Crippen LogP contribution in [0.2, 0.25) is 0 Å². The summed E-state index contributed by atoms with van der Waals surface area (Å²) in [6.07, 6.45) is 2.00. The molecule has 0 aromatic heterocycles. The van der Waals surface area contributed by atoms with Crippen molar-refractivity contribution in [2.75, 3.05) is 11.9 Å². The highest BCUT2D eigenvalue weighted by atomic mass is 19.1. The van der Waals surface area contributed by atoms with E-state index in [-0.39, 0.29) is 18.3 Å². The van der Waals surface area contributed by atoms with Crippen molar-refractivity contribution in [3.05, 3.63) is 30.1 Å². The molecule has 0 aliphatic rings. The van der Waals surface area contributed by atoms with Crippen LogP contribution >= 0.6 is 0 Å². The zero-order valence-electron chi connectivity index (χ0n) is 10.3. The Labute approximate surface area is 101 Å². The van der Waals surface area contributed by atoms with E-state index in [1.54, 1.807) is 12.1 Å². The second kappa shape index (κ2) is 7.01. The molecule has 0 fully saturated rings. The maximum absolute atomic E-state index is 12.6. The molecule has 1 amide bonds. The van der Waals surface area contributed by atoms with Crippen molar-refractivity contribution in [1.29, 1.82) is 0 Å². The van der Waals surface area contributed by atoms with Gasteiger partial charge in [-0.3, -0.25) is 4.79 Å². The Bertz CT molecular complexity index is 347. The Morgan fingerprint density at radius 2 is 1.82 bits per heavy atom. The van der Waals surface area contributed by atoms with Crippen molar-refractivity contribution >= 4 is 11.6 Å². The number of hydrogen-bond acceptors (Lipinski definition) is 2. The summed E-state index contributed by atoms with van der Waals surface area (Å²) in [5.74, 6) is -0.415. The molecule has 2 N–H and O–H groups in total. The summed E-state index contributed by atoms with van der Waals surface area (Å²) in [4.78, 5) is 11.6. The monoisotopic (exact) mass is 238 g/mol. The molecule has 3 nitrogen and oxygen atoms in total. The van der Waals surface area contributed by atoms with Crippen LogP contribution in [0.5, 0.6) is 0 Å². The Kier molecular flexibility index (Phi) is 5.63. The van der Waals surface area contributed by atoms with Crippen LogP contribution in [0.25, 0.3) is 0 Å². The van der Waals surface area contributed by atoms with Crippen LogP contribution in [-0.4, -0.2) is 18.5 Å². The lowest BCUT2D eigenvalue weighted by atomic mass is 10.2. The van der Waals surface area contributed by atoms with E-state index in [2.05, 4.69) is 24.5 Å². The molecule has 0 saturated heterocycles. The van der Waals surface area contributed by atoms with Crippen LogP contribution in [0.4, 0.5) is 10.1 Å². The Morgan fingerprint density at radius 3 is 2.35 bits per heavy atom. The van der Waals surface area contributed by atoms with Gasteiger partial charge in [-0.15, -0.1) is 0 Å². The predicted molar refractivity (Wildman–Crippen MR) is 67.4 cm³/mol. The van der Waals surface area contributed by atoms with Gasteiger partial charge in [0.2, 0.25) is 5.91 Å². The number of halogens is 1. The number of amides is 1. The lowest BCUT2D eigenvalue weighted by Gasteiger charge is -2.14. The number of rotatable bonds is 6. The SMILES string of the molecule is CCC(CC)NCC(=O)Nc1ccc(F)cc1. The van der Waals surface area contributed by atoms with E-state index < -0.39 is 0 Å². The van der Waals surface area contributed by atoms with Crippen LogP contribution in [-0.2, 0) is 4.79 Å². The first-order valence-corrected chi connectivity index (χ1v) is 5.94. The minimum Gasteiger partial charge on any atom is -0.325 e. The third-order valence-electron chi connectivity index (χ3n) is 2.66. The fourth-order valence-electron chi connectivity index (χ4n) is 1.55. The summed E-state index contributed by atoms with van der Waals surface area (Å²) >= 11 is 0. The van der Waals surface area contributed by atoms with Crippen molar-refractivity contribution in [3.63, 3.8) is 0 Å². The van der Waals surface area contributed by atoms with Gasteiger partial charge in [0.05, 0.1) is 6.54 Å². The van der Waals surface area contributed by atoms with Gasteiger partial charge in [-0.1, -0.05) is 13.8 Å². The maximum atomic E-state index is 12.6.